The van der Waals surface area contributed by atoms with Crippen LogP contribution in [-0.2, 0) is 4.43 Å². The van der Waals surface area contributed by atoms with E-state index in [1.807, 2.05) is 0 Å². The van der Waals surface area contributed by atoms with Gasteiger partial charge in [0.25, 0.3) is 0 Å². The van der Waals surface area contributed by atoms with Gasteiger partial charge in [-0.25, -0.2) is 0 Å². The lowest BCUT2D eigenvalue weighted by molar-refractivity contribution is 0.369. The van der Waals surface area contributed by atoms with E-state index in [0.717, 1.165) is 12.3 Å². The number of hydrogen-bond acceptors (Lipinski definition) is 1. The highest BCUT2D eigenvalue weighted by Crippen LogP contribution is 2.38. The van der Waals surface area contributed by atoms with E-state index in [2.05, 4.69) is 31.8 Å². The third-order valence-corrected chi connectivity index (χ3v) is 4.28. The van der Waals surface area contributed by atoms with Gasteiger partial charge in [-0.2, -0.15) is 0 Å². The van der Waals surface area contributed by atoms with Gasteiger partial charge in [0.1, 0.15) is 0 Å². The molecule has 16 heavy (non-hydrogen) atoms. The molecule has 0 aromatic rings. The molecule has 0 radical (unpaired) electrons. The lowest BCUT2D eigenvalue weighted by atomic mass is 9.82. The van der Waals surface area contributed by atoms with E-state index in [4.69, 9.17) is 4.43 Å². The first kappa shape index (κ1) is 12.0. The van der Waals surface area contributed by atoms with Crippen LogP contribution in [0, 0.1) is 5.92 Å². The lowest BCUT2D eigenvalue weighted by Gasteiger charge is -2.29. The van der Waals surface area contributed by atoms with Gasteiger partial charge in [-0.15, -0.1) is 0 Å². The lowest BCUT2D eigenvalue weighted by Crippen LogP contribution is -2.26. The van der Waals surface area contributed by atoms with Crippen molar-refractivity contribution < 1.29 is 4.43 Å². The summed E-state index contributed by atoms with van der Waals surface area (Å²) in [6, 6.07) is 0. The summed E-state index contributed by atoms with van der Waals surface area (Å²) in [5, 5.41) is 0. The molecule has 2 aliphatic carbocycles. The summed E-state index contributed by atoms with van der Waals surface area (Å²) in [5.74, 6) is 2.12. The van der Waals surface area contributed by atoms with Crippen molar-refractivity contribution in [1.82, 2.24) is 0 Å². The molecule has 1 nitrogen and oxygen atoms in total. The normalized spacial score (nSPS) is 26.3. The Bertz CT molecular complexity index is 309. The van der Waals surface area contributed by atoms with Crippen LogP contribution in [0.2, 0.25) is 19.6 Å². The molecule has 0 aromatic heterocycles. The molecule has 0 saturated heterocycles. The number of rotatable bonds is 2. The quantitative estimate of drug-likeness (QED) is 0.501. The second kappa shape index (κ2) is 4.78. The van der Waals surface area contributed by atoms with Crippen molar-refractivity contribution in [3.63, 3.8) is 0 Å². The molecule has 1 fully saturated rings. The van der Waals surface area contributed by atoms with Crippen LogP contribution in [-0.4, -0.2) is 8.32 Å². The van der Waals surface area contributed by atoms with Gasteiger partial charge in [0.2, 0.25) is 8.32 Å². The minimum atomic E-state index is -1.44. The Morgan fingerprint density at radius 1 is 1.19 bits per heavy atom. The van der Waals surface area contributed by atoms with Gasteiger partial charge in [0.05, 0.1) is 5.76 Å². The minimum absolute atomic E-state index is 0.791. The summed E-state index contributed by atoms with van der Waals surface area (Å²) in [4.78, 5) is 0. The maximum atomic E-state index is 6.30. The molecule has 0 amide bonds. The molecule has 90 valence electrons. The molecule has 2 heteroatoms. The van der Waals surface area contributed by atoms with E-state index in [1.54, 1.807) is 5.57 Å². The number of hydrogen-bond donors (Lipinski definition) is 0. The molecular formula is C14H24OSi. The molecule has 1 unspecified atom stereocenters. The van der Waals surface area contributed by atoms with Gasteiger partial charge in [0.15, 0.2) is 0 Å². The average molecular weight is 236 g/mol. The van der Waals surface area contributed by atoms with Gasteiger partial charge in [0, 0.05) is 6.42 Å². The Labute approximate surface area is 101 Å². The smallest absolute Gasteiger partial charge is 0.241 e. The van der Waals surface area contributed by atoms with Crippen molar-refractivity contribution in [2.45, 2.75) is 58.2 Å². The summed E-state index contributed by atoms with van der Waals surface area (Å²) in [6.45, 7) is 6.85. The van der Waals surface area contributed by atoms with E-state index in [1.165, 1.54) is 37.9 Å². The second-order valence-corrected chi connectivity index (χ2v) is 10.4. The van der Waals surface area contributed by atoms with Crippen molar-refractivity contribution in [2.75, 3.05) is 0 Å². The topological polar surface area (TPSA) is 9.23 Å². The second-order valence-electron chi connectivity index (χ2n) is 6.02. The van der Waals surface area contributed by atoms with Gasteiger partial charge in [-0.1, -0.05) is 18.6 Å². The molecule has 0 N–H and O–H groups in total. The maximum Gasteiger partial charge on any atom is 0.241 e. The molecule has 0 spiro atoms. The number of fused-ring (bicyclic) bond motifs is 1. The van der Waals surface area contributed by atoms with Crippen LogP contribution in [0.25, 0.3) is 0 Å². The van der Waals surface area contributed by atoms with E-state index in [0.29, 0.717) is 0 Å². The molecule has 2 rings (SSSR count). The maximum absolute atomic E-state index is 6.30. The van der Waals surface area contributed by atoms with Gasteiger partial charge < -0.3 is 4.43 Å². The van der Waals surface area contributed by atoms with E-state index < -0.39 is 8.32 Å². The van der Waals surface area contributed by atoms with Crippen molar-refractivity contribution in [1.29, 1.82) is 0 Å². The fourth-order valence-electron chi connectivity index (χ4n) is 2.77. The van der Waals surface area contributed by atoms with Gasteiger partial charge in [-0.05, 0) is 56.8 Å². The van der Waals surface area contributed by atoms with Gasteiger partial charge >= 0.3 is 0 Å². The Balaban J connectivity index is 2.22. The minimum Gasteiger partial charge on any atom is -0.547 e. The summed E-state index contributed by atoms with van der Waals surface area (Å²) in [5.41, 5.74) is 1.65. The Hall–Kier alpha value is -0.503. The molecule has 0 aliphatic heterocycles. The summed E-state index contributed by atoms with van der Waals surface area (Å²) >= 11 is 0. The summed E-state index contributed by atoms with van der Waals surface area (Å²) < 4.78 is 6.30. The van der Waals surface area contributed by atoms with Crippen molar-refractivity contribution in [3.05, 3.63) is 23.5 Å². The molecule has 2 aliphatic rings. The first-order valence-electron chi connectivity index (χ1n) is 6.62. The summed E-state index contributed by atoms with van der Waals surface area (Å²) in [7, 11) is -1.44. The van der Waals surface area contributed by atoms with Crippen LogP contribution < -0.4 is 0 Å². The molecule has 0 aromatic carbocycles. The first-order chi connectivity index (χ1) is 7.56. The Morgan fingerprint density at radius 3 is 2.75 bits per heavy atom. The van der Waals surface area contributed by atoms with Crippen LogP contribution in [0.4, 0.5) is 0 Å². The van der Waals surface area contributed by atoms with Crippen LogP contribution in [0.15, 0.2) is 23.5 Å². The highest BCUT2D eigenvalue weighted by atomic mass is 28.4. The van der Waals surface area contributed by atoms with Crippen molar-refractivity contribution >= 4 is 8.32 Å². The third-order valence-electron chi connectivity index (χ3n) is 3.42. The van der Waals surface area contributed by atoms with E-state index >= 15 is 0 Å². The van der Waals surface area contributed by atoms with E-state index in [-0.39, 0.29) is 0 Å². The SMILES string of the molecule is C[Si](C)(C)OC1=C2CCCCC2CC=CC1. The van der Waals surface area contributed by atoms with Crippen molar-refractivity contribution in [3.8, 4) is 0 Å². The standard InChI is InChI=1S/C14H24OSi/c1-16(2,3)15-14-11-7-5-9-12-8-4-6-10-13(12)14/h5,7,12H,4,6,8-11H2,1-3H3. The average Bonchev–Trinajstić information content (AvgIpc) is 2.39. The fraction of sp³-hybridized carbons (Fsp3) is 0.714. The van der Waals surface area contributed by atoms with Crippen LogP contribution in [0.1, 0.15) is 38.5 Å². The zero-order valence-electron chi connectivity index (χ0n) is 10.9. The van der Waals surface area contributed by atoms with Crippen molar-refractivity contribution in [2.24, 2.45) is 5.92 Å². The first-order valence-corrected chi connectivity index (χ1v) is 10.0. The van der Waals surface area contributed by atoms with Crippen LogP contribution in [0.5, 0.6) is 0 Å². The zero-order valence-corrected chi connectivity index (χ0v) is 11.9. The third kappa shape index (κ3) is 3.00. The van der Waals surface area contributed by atoms with E-state index in [9.17, 15) is 0 Å². The molecule has 1 atom stereocenters. The predicted octanol–water partition coefficient (Wildman–Crippen LogP) is 4.63. The highest BCUT2D eigenvalue weighted by molar-refractivity contribution is 6.70. The fourth-order valence-corrected chi connectivity index (χ4v) is 3.72. The van der Waals surface area contributed by atoms with Crippen LogP contribution in [0.3, 0.4) is 0 Å². The monoisotopic (exact) mass is 236 g/mol. The van der Waals surface area contributed by atoms with Crippen LogP contribution >= 0.6 is 0 Å². The summed E-state index contributed by atoms with van der Waals surface area (Å²) in [6.07, 6.45) is 12.4. The zero-order chi connectivity index (χ0) is 11.6. The highest BCUT2D eigenvalue weighted by Gasteiger charge is 2.26. The molecule has 1 saturated carbocycles. The van der Waals surface area contributed by atoms with Gasteiger partial charge in [-0.3, -0.25) is 0 Å². The molecular weight excluding hydrogens is 212 g/mol. The molecule has 0 heterocycles. The predicted molar refractivity (Wildman–Crippen MR) is 71.8 cm³/mol. The number of allylic oxidation sites excluding steroid dienone is 3. The largest absolute Gasteiger partial charge is 0.547 e. The Morgan fingerprint density at radius 2 is 2.00 bits per heavy atom. The molecule has 0 bridgehead atoms. The Kier molecular flexibility index (Phi) is 3.58.